The number of nitrogens with one attached hydrogen (secondary N) is 2. The van der Waals surface area contributed by atoms with Gasteiger partial charge in [-0.1, -0.05) is 11.3 Å². The highest BCUT2D eigenvalue weighted by Gasteiger charge is 2.23. The van der Waals surface area contributed by atoms with Gasteiger partial charge < -0.3 is 19.4 Å². The van der Waals surface area contributed by atoms with Gasteiger partial charge >= 0.3 is 6.09 Å². The smallest absolute Gasteiger partial charge is 0.413 e. The zero-order valence-electron chi connectivity index (χ0n) is 20.9. The first-order chi connectivity index (χ1) is 17.3. The maximum Gasteiger partial charge on any atom is 0.413 e. The van der Waals surface area contributed by atoms with Crippen LogP contribution < -0.4 is 15.4 Å². The van der Waals surface area contributed by atoms with E-state index in [9.17, 15) is 4.79 Å². The molecule has 0 bridgehead atoms. The number of ether oxygens (including phenoxy) is 2. The van der Waals surface area contributed by atoms with Gasteiger partial charge in [0.25, 0.3) is 0 Å². The van der Waals surface area contributed by atoms with Crippen LogP contribution in [0.15, 0.2) is 30.3 Å². The molecule has 0 unspecified atom stereocenters. The molecule has 0 atom stereocenters. The van der Waals surface area contributed by atoms with Crippen molar-refractivity contribution in [3.63, 3.8) is 0 Å². The molecule has 1 saturated carbocycles. The third kappa shape index (κ3) is 4.84. The van der Waals surface area contributed by atoms with Gasteiger partial charge in [-0.25, -0.2) is 14.8 Å². The highest BCUT2D eigenvalue weighted by molar-refractivity contribution is 7.22. The van der Waals surface area contributed by atoms with E-state index < -0.39 is 11.7 Å². The molecule has 8 nitrogen and oxygen atoms in total. The highest BCUT2D eigenvalue weighted by Crippen LogP contribution is 2.38. The van der Waals surface area contributed by atoms with E-state index in [0.717, 1.165) is 82.5 Å². The number of rotatable bonds is 5. The summed E-state index contributed by atoms with van der Waals surface area (Å²) in [5, 5.41) is 6.85. The third-order valence-corrected chi connectivity index (χ3v) is 7.32. The van der Waals surface area contributed by atoms with Crippen molar-refractivity contribution >= 4 is 49.5 Å². The number of carbonyl (C=O) groups excluding carboxylic acids is 1. The summed E-state index contributed by atoms with van der Waals surface area (Å²) in [6.45, 7) is 8.13. The summed E-state index contributed by atoms with van der Waals surface area (Å²) >= 11 is 1.43. The lowest BCUT2D eigenvalue weighted by atomic mass is 10.2. The molecule has 188 valence electrons. The number of anilines is 2. The number of amides is 1. The van der Waals surface area contributed by atoms with Crippen LogP contribution in [0.4, 0.5) is 15.6 Å². The van der Waals surface area contributed by atoms with Gasteiger partial charge in [0.05, 0.1) is 22.3 Å². The summed E-state index contributed by atoms with van der Waals surface area (Å²) in [5.41, 5.74) is 4.35. The van der Waals surface area contributed by atoms with Crippen molar-refractivity contribution in [2.45, 2.75) is 58.6 Å². The van der Waals surface area contributed by atoms with Crippen LogP contribution in [0.2, 0.25) is 0 Å². The Hall–Kier alpha value is -3.33. The van der Waals surface area contributed by atoms with Crippen LogP contribution in [-0.4, -0.2) is 39.4 Å². The average molecular weight is 506 g/mol. The first-order valence-electron chi connectivity index (χ1n) is 12.6. The molecule has 6 rings (SSSR count). The highest BCUT2D eigenvalue weighted by atomic mass is 32.1. The van der Waals surface area contributed by atoms with Gasteiger partial charge in [0, 0.05) is 30.4 Å². The Bertz CT molecular complexity index is 1450. The van der Waals surface area contributed by atoms with E-state index in [0.29, 0.717) is 5.13 Å². The average Bonchev–Trinajstić information content (AvgIpc) is 3.43. The molecule has 2 aliphatic rings. The molecule has 2 N–H and O–H groups in total. The van der Waals surface area contributed by atoms with E-state index in [1.165, 1.54) is 24.2 Å². The van der Waals surface area contributed by atoms with Crippen LogP contribution >= 0.6 is 11.3 Å². The second-order valence-electron chi connectivity index (χ2n) is 10.6. The summed E-state index contributed by atoms with van der Waals surface area (Å²) < 4.78 is 14.8. The molecule has 0 spiro atoms. The fourth-order valence-electron chi connectivity index (χ4n) is 4.53. The fraction of sp³-hybridized carbons (Fsp3) is 0.444. The topological polar surface area (TPSA) is 90.3 Å². The van der Waals surface area contributed by atoms with Crippen molar-refractivity contribution < 1.29 is 14.3 Å². The minimum Gasteiger partial charge on any atom is -0.491 e. The summed E-state index contributed by atoms with van der Waals surface area (Å²) in [6.07, 6.45) is 4.16. The summed E-state index contributed by atoms with van der Waals surface area (Å²) in [5.74, 6) is 2.61. The number of imidazole rings is 1. The molecule has 2 aromatic heterocycles. The molecule has 36 heavy (non-hydrogen) atoms. The number of fused-ring (bicyclic) bond motifs is 1. The van der Waals surface area contributed by atoms with Crippen molar-refractivity contribution in [3.8, 4) is 17.1 Å². The molecule has 9 heteroatoms. The quantitative estimate of drug-likeness (QED) is 0.315. The minimum atomic E-state index is -0.564. The van der Waals surface area contributed by atoms with Crippen LogP contribution in [-0.2, 0) is 11.3 Å². The molecule has 1 amide bonds. The number of hydrogen-bond donors (Lipinski definition) is 2. The van der Waals surface area contributed by atoms with Gasteiger partial charge in [0.1, 0.15) is 22.7 Å². The first kappa shape index (κ1) is 23.1. The van der Waals surface area contributed by atoms with Gasteiger partial charge in [-0.3, -0.25) is 5.32 Å². The summed E-state index contributed by atoms with van der Waals surface area (Å²) in [7, 11) is 0. The lowest BCUT2D eigenvalue weighted by molar-refractivity contribution is 0.0636. The van der Waals surface area contributed by atoms with Crippen LogP contribution in [0.1, 0.15) is 46.5 Å². The van der Waals surface area contributed by atoms with Crippen molar-refractivity contribution in [2.24, 2.45) is 5.92 Å². The van der Waals surface area contributed by atoms with Crippen LogP contribution in [0.3, 0.4) is 0 Å². The molecule has 4 aromatic rings. The summed E-state index contributed by atoms with van der Waals surface area (Å²) in [6, 6.07) is 10.4. The van der Waals surface area contributed by atoms with Crippen LogP contribution in [0.25, 0.3) is 32.6 Å². The van der Waals surface area contributed by atoms with Gasteiger partial charge in [-0.2, -0.15) is 0 Å². The van der Waals surface area contributed by atoms with Gasteiger partial charge in [-0.15, -0.1) is 0 Å². The molecule has 1 aliphatic carbocycles. The van der Waals surface area contributed by atoms with Crippen molar-refractivity contribution in [1.82, 2.24) is 14.5 Å². The monoisotopic (exact) mass is 505 g/mol. The molecule has 2 aromatic carbocycles. The van der Waals surface area contributed by atoms with Crippen LogP contribution in [0.5, 0.6) is 5.75 Å². The molecule has 1 aliphatic heterocycles. The van der Waals surface area contributed by atoms with E-state index in [1.807, 2.05) is 26.8 Å². The lowest BCUT2D eigenvalue weighted by Crippen LogP contribution is -2.27. The Morgan fingerprint density at radius 1 is 1.17 bits per heavy atom. The van der Waals surface area contributed by atoms with Crippen LogP contribution in [0, 0.1) is 5.92 Å². The molecular weight excluding hydrogens is 474 g/mol. The Balaban J connectivity index is 1.35. The van der Waals surface area contributed by atoms with E-state index in [2.05, 4.69) is 44.5 Å². The maximum absolute atomic E-state index is 12.2. The number of aryl methyl sites for hydroxylation is 1. The SMILES string of the molecule is CC(C)(C)OC(=O)Nc1nc2ccc(-c3nc4cc(NCC5CC5)cc5c4n3CCCCO5)cc2s1. The molecule has 0 saturated heterocycles. The Labute approximate surface area is 214 Å². The molecular formula is C27H31N5O3S. The zero-order valence-corrected chi connectivity index (χ0v) is 21.7. The Morgan fingerprint density at radius 2 is 2.03 bits per heavy atom. The number of thiazole rings is 1. The second kappa shape index (κ2) is 8.96. The first-order valence-corrected chi connectivity index (χ1v) is 13.5. The van der Waals surface area contributed by atoms with Gasteiger partial charge in [-0.05, 0) is 76.6 Å². The van der Waals surface area contributed by atoms with Crippen molar-refractivity contribution in [1.29, 1.82) is 0 Å². The molecule has 0 radical (unpaired) electrons. The Morgan fingerprint density at radius 3 is 2.83 bits per heavy atom. The number of benzene rings is 2. The zero-order chi connectivity index (χ0) is 24.9. The third-order valence-electron chi connectivity index (χ3n) is 6.39. The standard InChI is InChI=1S/C27H31N5O3S/c1-27(2,3)35-26(33)31-25-30-19-9-8-17(12-22(19)36-25)24-29-20-13-18(28-15-16-6-7-16)14-21-23(20)32(24)10-4-5-11-34-21/h8-9,12-14,16,28H,4-7,10-11,15H2,1-3H3,(H,30,31,33). The molecule has 1 fully saturated rings. The fourth-order valence-corrected chi connectivity index (χ4v) is 5.42. The largest absolute Gasteiger partial charge is 0.491 e. The van der Waals surface area contributed by atoms with Crippen molar-refractivity contribution in [3.05, 3.63) is 30.3 Å². The number of aromatic nitrogens is 3. The maximum atomic E-state index is 12.2. The number of nitrogens with zero attached hydrogens (tertiary/aromatic N) is 3. The number of hydrogen-bond acceptors (Lipinski definition) is 7. The normalized spacial score (nSPS) is 15.9. The van der Waals surface area contributed by atoms with Gasteiger partial charge in [0.15, 0.2) is 5.13 Å². The Kier molecular flexibility index (Phi) is 5.75. The molecule has 3 heterocycles. The predicted molar refractivity (Wildman–Crippen MR) is 144 cm³/mol. The minimum absolute atomic E-state index is 0.503. The second-order valence-corrected chi connectivity index (χ2v) is 11.7. The van der Waals surface area contributed by atoms with E-state index >= 15 is 0 Å². The predicted octanol–water partition coefficient (Wildman–Crippen LogP) is 6.65. The lowest BCUT2D eigenvalue weighted by Gasteiger charge is -2.18. The van der Waals surface area contributed by atoms with Crippen molar-refractivity contribution in [2.75, 3.05) is 23.8 Å². The summed E-state index contributed by atoms with van der Waals surface area (Å²) in [4.78, 5) is 21.8. The number of carbonyl (C=O) groups is 1. The van der Waals surface area contributed by atoms with E-state index in [-0.39, 0.29) is 0 Å². The van der Waals surface area contributed by atoms with E-state index in [1.54, 1.807) is 0 Å². The van der Waals surface area contributed by atoms with E-state index in [4.69, 9.17) is 14.5 Å². The van der Waals surface area contributed by atoms with Gasteiger partial charge in [0.2, 0.25) is 0 Å².